The van der Waals surface area contributed by atoms with Gasteiger partial charge in [0.15, 0.2) is 0 Å². The normalized spacial score (nSPS) is 30.4. The van der Waals surface area contributed by atoms with Crippen molar-refractivity contribution in [1.82, 2.24) is 4.90 Å². The highest BCUT2D eigenvalue weighted by Gasteiger charge is 2.67. The highest BCUT2D eigenvalue weighted by atomic mass is 79.9. The topological polar surface area (TPSA) is 57.7 Å². The van der Waals surface area contributed by atoms with Crippen LogP contribution in [0.4, 0.5) is 5.69 Å². The lowest BCUT2D eigenvalue weighted by atomic mass is 9.63. The number of amides is 3. The Morgan fingerprint density at radius 2 is 1.65 bits per heavy atom. The van der Waals surface area contributed by atoms with Gasteiger partial charge in [-0.2, -0.15) is 0 Å². The molecule has 3 fully saturated rings. The number of carbonyl (C=O) groups excluding carboxylic acids is 3. The average Bonchev–Trinajstić information content (AvgIpc) is 3.59. The van der Waals surface area contributed by atoms with Crippen molar-refractivity contribution in [3.05, 3.63) is 74.2 Å². The number of hydrogen-bond donors (Lipinski definition) is 0. The van der Waals surface area contributed by atoms with Gasteiger partial charge in [0.2, 0.25) is 11.8 Å². The Morgan fingerprint density at radius 1 is 1.00 bits per heavy atom. The van der Waals surface area contributed by atoms with Gasteiger partial charge in [-0.25, -0.2) is 0 Å². The first kappa shape index (κ1) is 22.3. The smallest absolute Gasteiger partial charge is 0.259 e. The quantitative estimate of drug-likeness (QED) is 0.355. The summed E-state index contributed by atoms with van der Waals surface area (Å²) in [7, 11) is 0. The van der Waals surface area contributed by atoms with Crippen molar-refractivity contribution in [2.75, 3.05) is 11.6 Å². The van der Waals surface area contributed by atoms with Gasteiger partial charge in [0, 0.05) is 15.7 Å². The molecule has 0 spiro atoms. The third-order valence-electron chi connectivity index (χ3n) is 7.90. The number of likely N-dealkylation sites (tertiary alicyclic amines) is 1. The van der Waals surface area contributed by atoms with Crippen LogP contribution in [0.1, 0.15) is 22.3 Å². The second-order valence-electron chi connectivity index (χ2n) is 9.69. The minimum Gasteiger partial charge on any atom is -0.289 e. The molecule has 4 aliphatic carbocycles. The average molecular weight is 560 g/mol. The van der Waals surface area contributed by atoms with Gasteiger partial charge in [-0.15, -0.1) is 0 Å². The van der Waals surface area contributed by atoms with E-state index in [2.05, 4.69) is 28.1 Å². The Morgan fingerprint density at radius 3 is 2.24 bits per heavy atom. The molecule has 8 heteroatoms. The van der Waals surface area contributed by atoms with E-state index >= 15 is 0 Å². The van der Waals surface area contributed by atoms with E-state index in [9.17, 15) is 14.4 Å². The van der Waals surface area contributed by atoms with E-state index in [4.69, 9.17) is 23.2 Å². The lowest BCUT2D eigenvalue weighted by Crippen LogP contribution is -2.45. The molecule has 5 nitrogen and oxygen atoms in total. The van der Waals surface area contributed by atoms with Crippen LogP contribution in [-0.4, -0.2) is 29.3 Å². The van der Waals surface area contributed by atoms with Gasteiger partial charge in [0.1, 0.15) is 6.67 Å². The van der Waals surface area contributed by atoms with Crippen molar-refractivity contribution < 1.29 is 14.4 Å². The van der Waals surface area contributed by atoms with Gasteiger partial charge in [-0.3, -0.25) is 24.2 Å². The summed E-state index contributed by atoms with van der Waals surface area (Å²) < 4.78 is 0.872. The van der Waals surface area contributed by atoms with E-state index in [1.165, 1.54) is 15.9 Å². The van der Waals surface area contributed by atoms with Gasteiger partial charge in [-0.05, 0) is 79.0 Å². The maximum absolute atomic E-state index is 13.7. The van der Waals surface area contributed by atoms with Crippen molar-refractivity contribution in [3.8, 4) is 0 Å². The monoisotopic (exact) mass is 558 g/mol. The Kier molecular flexibility index (Phi) is 5.21. The molecule has 0 N–H and O–H groups in total. The van der Waals surface area contributed by atoms with Crippen molar-refractivity contribution in [1.29, 1.82) is 0 Å². The molecular weight excluding hydrogens is 539 g/mol. The molecule has 0 aromatic heterocycles. The Labute approximate surface area is 215 Å². The molecule has 0 radical (unpaired) electrons. The van der Waals surface area contributed by atoms with Gasteiger partial charge in [0.25, 0.3) is 5.91 Å². The largest absolute Gasteiger partial charge is 0.289 e. The summed E-state index contributed by atoms with van der Waals surface area (Å²) >= 11 is 15.7. The lowest BCUT2D eigenvalue weighted by molar-refractivity contribution is -0.140. The molecule has 1 aliphatic heterocycles. The number of anilines is 1. The molecule has 34 heavy (non-hydrogen) atoms. The summed E-state index contributed by atoms with van der Waals surface area (Å²) in [5.41, 5.74) is 1.79. The number of halogens is 3. The fraction of sp³-hybridized carbons (Fsp3) is 0.346. The summed E-state index contributed by atoms with van der Waals surface area (Å²) in [5.74, 6) is 0.0148. The van der Waals surface area contributed by atoms with E-state index in [0.29, 0.717) is 28.1 Å². The molecule has 5 aliphatic rings. The second-order valence-corrected chi connectivity index (χ2v) is 11.4. The van der Waals surface area contributed by atoms with Crippen LogP contribution in [0.2, 0.25) is 10.0 Å². The van der Waals surface area contributed by atoms with E-state index < -0.39 is 0 Å². The minimum atomic E-state index is -0.358. The number of nitrogens with zero attached hydrogens (tertiary/aromatic N) is 2. The first-order chi connectivity index (χ1) is 16.3. The molecule has 2 aromatic rings. The second kappa shape index (κ2) is 7.94. The predicted molar refractivity (Wildman–Crippen MR) is 134 cm³/mol. The van der Waals surface area contributed by atoms with Crippen LogP contribution in [0.5, 0.6) is 0 Å². The van der Waals surface area contributed by atoms with Crippen molar-refractivity contribution in [3.63, 3.8) is 0 Å². The first-order valence-corrected chi connectivity index (χ1v) is 12.9. The molecule has 1 saturated heterocycles. The third kappa shape index (κ3) is 3.29. The van der Waals surface area contributed by atoms with Crippen molar-refractivity contribution >= 4 is 62.5 Å². The van der Waals surface area contributed by atoms with E-state index in [1.807, 2.05) is 25.1 Å². The molecule has 7 rings (SSSR count). The maximum Gasteiger partial charge on any atom is 0.259 e. The van der Waals surface area contributed by atoms with Crippen LogP contribution in [0.15, 0.2) is 53.0 Å². The Hall–Kier alpha value is -2.15. The van der Waals surface area contributed by atoms with Crippen LogP contribution < -0.4 is 4.90 Å². The van der Waals surface area contributed by atoms with E-state index in [1.54, 1.807) is 12.1 Å². The van der Waals surface area contributed by atoms with Crippen LogP contribution in [-0.2, 0) is 9.59 Å². The standard InChI is InChI=1S/C26H21BrCl2N2O3/c1-12-8-14(27)3-7-21(12)30(24(32)13-2-6-19(28)20(29)9-13)11-31-25(33)22-15-4-5-16(18-10-17(15)18)23(22)26(31)34/h2-9,15-18,22-23H,10-11H2,1H3/t15-,16-,17-,18-,22+,23+/m0/s1. The number of carbonyl (C=O) groups is 3. The molecule has 3 amide bonds. The third-order valence-corrected chi connectivity index (χ3v) is 9.13. The van der Waals surface area contributed by atoms with E-state index in [0.717, 1.165) is 16.5 Å². The molecule has 2 saturated carbocycles. The number of aryl methyl sites for hydroxylation is 1. The SMILES string of the molecule is Cc1cc(Br)ccc1N(CN1C(=O)[C@@H]2[C@H]3C=C[C@@H]([C@@H]4C[C@@H]34)[C@H]2C1=O)C(=O)c1ccc(Cl)c(Cl)c1. The first-order valence-electron chi connectivity index (χ1n) is 11.3. The van der Waals surface area contributed by atoms with Crippen LogP contribution in [0.25, 0.3) is 0 Å². The number of allylic oxidation sites excluding steroid dienone is 2. The summed E-state index contributed by atoms with van der Waals surface area (Å²) in [5, 5.41) is 0.612. The zero-order valence-corrected chi connectivity index (χ0v) is 21.3. The Bertz CT molecular complexity index is 1260. The number of hydrogen-bond acceptors (Lipinski definition) is 3. The van der Waals surface area contributed by atoms with Crippen LogP contribution in [0.3, 0.4) is 0 Å². The number of imide groups is 1. The highest BCUT2D eigenvalue weighted by molar-refractivity contribution is 9.10. The molecule has 174 valence electrons. The van der Waals surface area contributed by atoms with Crippen LogP contribution in [0, 0.1) is 42.4 Å². The molecule has 0 unspecified atom stereocenters. The molecule has 1 heterocycles. The van der Waals surface area contributed by atoms with E-state index in [-0.39, 0.29) is 53.1 Å². The number of benzene rings is 2. The molecule has 2 bridgehead atoms. The molecule has 2 aromatic carbocycles. The molecule has 6 atom stereocenters. The van der Waals surface area contributed by atoms with Crippen molar-refractivity contribution in [2.45, 2.75) is 13.3 Å². The summed E-state index contributed by atoms with van der Waals surface area (Å²) in [4.78, 5) is 43.6. The Balaban J connectivity index is 1.37. The zero-order chi connectivity index (χ0) is 23.9. The lowest BCUT2D eigenvalue weighted by Gasteiger charge is -2.37. The predicted octanol–water partition coefficient (Wildman–Crippen LogP) is 5.72. The number of rotatable bonds is 4. The zero-order valence-electron chi connectivity index (χ0n) is 18.3. The van der Waals surface area contributed by atoms with Crippen molar-refractivity contribution in [2.24, 2.45) is 35.5 Å². The highest BCUT2D eigenvalue weighted by Crippen LogP contribution is 2.65. The fourth-order valence-corrected chi connectivity index (χ4v) is 7.03. The summed E-state index contributed by atoms with van der Waals surface area (Å²) in [6.07, 6.45) is 5.40. The minimum absolute atomic E-state index is 0.134. The molecular formula is C26H21BrCl2N2O3. The van der Waals surface area contributed by atoms with Gasteiger partial charge >= 0.3 is 0 Å². The van der Waals surface area contributed by atoms with Crippen LogP contribution >= 0.6 is 39.1 Å². The maximum atomic E-state index is 13.7. The van der Waals surface area contributed by atoms with Gasteiger partial charge in [-0.1, -0.05) is 51.3 Å². The fourth-order valence-electron chi connectivity index (χ4n) is 6.26. The van der Waals surface area contributed by atoms with Gasteiger partial charge < -0.3 is 0 Å². The summed E-state index contributed by atoms with van der Waals surface area (Å²) in [6, 6.07) is 10.2. The van der Waals surface area contributed by atoms with Gasteiger partial charge in [0.05, 0.1) is 21.9 Å². The summed E-state index contributed by atoms with van der Waals surface area (Å²) in [6.45, 7) is 1.75.